The zero-order valence-electron chi connectivity index (χ0n) is 10.8. The summed E-state index contributed by atoms with van der Waals surface area (Å²) in [7, 11) is 1.65. The maximum Gasteiger partial charge on any atom is 0.207 e. The second kappa shape index (κ2) is 6.16. The third-order valence-electron chi connectivity index (χ3n) is 2.58. The van der Waals surface area contributed by atoms with Crippen molar-refractivity contribution in [3.63, 3.8) is 0 Å². The van der Waals surface area contributed by atoms with E-state index < -0.39 is 0 Å². The van der Waals surface area contributed by atoms with Gasteiger partial charge in [-0.3, -0.25) is 4.57 Å². The van der Waals surface area contributed by atoms with Crippen molar-refractivity contribution in [3.8, 4) is 5.69 Å². The number of imidazole rings is 1. The SMILES string of the molecule is COCCNc1nc(C)cn1-c1ccc(F)cc1Br. The number of hydrogen-bond acceptors (Lipinski definition) is 3. The van der Waals surface area contributed by atoms with E-state index in [0.717, 1.165) is 11.4 Å². The number of methoxy groups -OCH3 is 1. The number of anilines is 1. The first-order chi connectivity index (χ1) is 9.11. The fourth-order valence-corrected chi connectivity index (χ4v) is 2.29. The average molecular weight is 328 g/mol. The summed E-state index contributed by atoms with van der Waals surface area (Å²) in [5, 5.41) is 3.19. The molecule has 0 spiro atoms. The first kappa shape index (κ1) is 14.0. The lowest BCUT2D eigenvalue weighted by molar-refractivity contribution is 0.210. The van der Waals surface area contributed by atoms with Crippen LogP contribution in [0.5, 0.6) is 0 Å². The molecule has 0 fully saturated rings. The Kier molecular flexibility index (Phi) is 4.55. The van der Waals surface area contributed by atoms with Gasteiger partial charge >= 0.3 is 0 Å². The summed E-state index contributed by atoms with van der Waals surface area (Å²) in [6.07, 6.45) is 1.90. The van der Waals surface area contributed by atoms with Gasteiger partial charge in [0.05, 0.1) is 18.0 Å². The first-order valence-corrected chi connectivity index (χ1v) is 6.65. The predicted molar refractivity (Wildman–Crippen MR) is 76.3 cm³/mol. The molecule has 0 aliphatic rings. The van der Waals surface area contributed by atoms with Gasteiger partial charge in [0.2, 0.25) is 5.95 Å². The highest BCUT2D eigenvalue weighted by Gasteiger charge is 2.10. The molecule has 6 heteroatoms. The largest absolute Gasteiger partial charge is 0.383 e. The normalized spacial score (nSPS) is 10.7. The maximum absolute atomic E-state index is 13.1. The number of nitrogens with one attached hydrogen (secondary N) is 1. The number of rotatable bonds is 5. The molecule has 0 atom stereocenters. The highest BCUT2D eigenvalue weighted by atomic mass is 79.9. The Labute approximate surface area is 119 Å². The molecule has 2 rings (SSSR count). The predicted octanol–water partition coefficient (Wildman–Crippen LogP) is 3.14. The second-order valence-corrected chi connectivity index (χ2v) is 4.95. The van der Waals surface area contributed by atoms with E-state index in [9.17, 15) is 4.39 Å². The van der Waals surface area contributed by atoms with E-state index in [1.807, 2.05) is 17.7 Å². The zero-order valence-corrected chi connectivity index (χ0v) is 12.4. The van der Waals surface area contributed by atoms with Crippen LogP contribution in [0.25, 0.3) is 5.69 Å². The molecule has 1 aromatic heterocycles. The molecule has 1 aromatic carbocycles. The molecular formula is C13H15BrFN3O. The van der Waals surface area contributed by atoms with Crippen LogP contribution in [0.3, 0.4) is 0 Å². The lowest BCUT2D eigenvalue weighted by Gasteiger charge is -2.11. The van der Waals surface area contributed by atoms with Crippen LogP contribution >= 0.6 is 15.9 Å². The molecule has 0 aliphatic heterocycles. The molecule has 0 unspecified atom stereocenters. The minimum Gasteiger partial charge on any atom is -0.383 e. The first-order valence-electron chi connectivity index (χ1n) is 5.86. The van der Waals surface area contributed by atoms with Crippen LogP contribution in [0.4, 0.5) is 10.3 Å². The van der Waals surface area contributed by atoms with Crippen molar-refractivity contribution in [1.29, 1.82) is 0 Å². The Balaban J connectivity index is 2.32. The Morgan fingerprint density at radius 2 is 2.26 bits per heavy atom. The van der Waals surface area contributed by atoms with Gasteiger partial charge in [-0.15, -0.1) is 0 Å². The average Bonchev–Trinajstić information content (AvgIpc) is 2.71. The molecule has 0 saturated heterocycles. The van der Waals surface area contributed by atoms with E-state index in [1.54, 1.807) is 13.2 Å². The molecule has 0 radical (unpaired) electrons. The van der Waals surface area contributed by atoms with Crippen LogP contribution in [-0.2, 0) is 4.74 Å². The Hall–Kier alpha value is -1.40. The summed E-state index contributed by atoms with van der Waals surface area (Å²) in [4.78, 5) is 4.40. The van der Waals surface area contributed by atoms with Crippen molar-refractivity contribution < 1.29 is 9.13 Å². The minimum absolute atomic E-state index is 0.277. The highest BCUT2D eigenvalue weighted by molar-refractivity contribution is 9.10. The number of hydrogen-bond donors (Lipinski definition) is 1. The molecule has 1 heterocycles. The molecule has 0 bridgehead atoms. The molecule has 2 aromatic rings. The van der Waals surface area contributed by atoms with Crippen molar-refractivity contribution in [2.75, 3.05) is 25.6 Å². The number of aromatic nitrogens is 2. The summed E-state index contributed by atoms with van der Waals surface area (Å²) >= 11 is 3.37. The van der Waals surface area contributed by atoms with Crippen LogP contribution in [0.1, 0.15) is 5.69 Å². The number of ether oxygens (including phenoxy) is 1. The van der Waals surface area contributed by atoms with Crippen molar-refractivity contribution in [1.82, 2.24) is 9.55 Å². The highest BCUT2D eigenvalue weighted by Crippen LogP contribution is 2.25. The third kappa shape index (κ3) is 3.33. The molecule has 0 aliphatic carbocycles. The van der Waals surface area contributed by atoms with E-state index in [0.29, 0.717) is 23.6 Å². The van der Waals surface area contributed by atoms with Gasteiger partial charge in [0, 0.05) is 24.3 Å². The van der Waals surface area contributed by atoms with Crippen LogP contribution in [-0.4, -0.2) is 29.8 Å². The Morgan fingerprint density at radius 1 is 1.47 bits per heavy atom. The molecular weight excluding hydrogens is 313 g/mol. The van der Waals surface area contributed by atoms with E-state index in [1.165, 1.54) is 12.1 Å². The van der Waals surface area contributed by atoms with Crippen molar-refractivity contribution in [3.05, 3.63) is 40.4 Å². The summed E-state index contributed by atoms with van der Waals surface area (Å²) in [6, 6.07) is 4.57. The molecule has 19 heavy (non-hydrogen) atoms. The molecule has 102 valence electrons. The van der Waals surface area contributed by atoms with Crippen molar-refractivity contribution in [2.24, 2.45) is 0 Å². The van der Waals surface area contributed by atoms with Crippen LogP contribution in [0.2, 0.25) is 0 Å². The van der Waals surface area contributed by atoms with Crippen molar-refractivity contribution >= 4 is 21.9 Å². The lowest BCUT2D eigenvalue weighted by atomic mass is 10.3. The molecule has 0 amide bonds. The Bertz CT molecular complexity index is 571. The third-order valence-corrected chi connectivity index (χ3v) is 3.22. The minimum atomic E-state index is -0.277. The number of aryl methyl sites for hydroxylation is 1. The lowest BCUT2D eigenvalue weighted by Crippen LogP contribution is -2.11. The smallest absolute Gasteiger partial charge is 0.207 e. The maximum atomic E-state index is 13.1. The van der Waals surface area contributed by atoms with Gasteiger partial charge in [-0.2, -0.15) is 0 Å². The van der Waals surface area contributed by atoms with E-state index in [2.05, 4.69) is 26.2 Å². The van der Waals surface area contributed by atoms with Gasteiger partial charge in [0.15, 0.2) is 0 Å². The summed E-state index contributed by atoms with van der Waals surface area (Å²) in [6.45, 7) is 3.16. The van der Waals surface area contributed by atoms with Crippen LogP contribution in [0.15, 0.2) is 28.9 Å². The number of halogens is 2. The van der Waals surface area contributed by atoms with Gasteiger partial charge < -0.3 is 10.1 Å². The Morgan fingerprint density at radius 3 is 2.95 bits per heavy atom. The van der Waals surface area contributed by atoms with E-state index >= 15 is 0 Å². The standard InChI is InChI=1S/C13H15BrFN3O/c1-9-8-18(13(17-9)16-5-6-19-2)12-4-3-10(15)7-11(12)14/h3-4,7-8H,5-6H2,1-2H3,(H,16,17). The van der Waals surface area contributed by atoms with Gasteiger partial charge in [0.25, 0.3) is 0 Å². The summed E-state index contributed by atoms with van der Waals surface area (Å²) in [5.74, 6) is 0.434. The van der Waals surface area contributed by atoms with Gasteiger partial charge in [-0.25, -0.2) is 9.37 Å². The van der Waals surface area contributed by atoms with Gasteiger partial charge in [0.1, 0.15) is 5.82 Å². The van der Waals surface area contributed by atoms with Crippen LogP contribution in [0, 0.1) is 12.7 Å². The fourth-order valence-electron chi connectivity index (χ4n) is 1.75. The summed E-state index contributed by atoms with van der Waals surface area (Å²) < 4.78 is 20.7. The molecule has 0 saturated carbocycles. The second-order valence-electron chi connectivity index (χ2n) is 4.09. The number of nitrogens with zero attached hydrogens (tertiary/aromatic N) is 2. The van der Waals surface area contributed by atoms with Gasteiger partial charge in [-0.05, 0) is 41.1 Å². The van der Waals surface area contributed by atoms with Gasteiger partial charge in [-0.1, -0.05) is 0 Å². The topological polar surface area (TPSA) is 39.1 Å². The summed E-state index contributed by atoms with van der Waals surface area (Å²) in [5.41, 5.74) is 1.72. The number of benzene rings is 1. The monoisotopic (exact) mass is 327 g/mol. The fraction of sp³-hybridized carbons (Fsp3) is 0.308. The molecule has 1 N–H and O–H groups in total. The van der Waals surface area contributed by atoms with E-state index in [-0.39, 0.29) is 5.82 Å². The molecule has 4 nitrogen and oxygen atoms in total. The van der Waals surface area contributed by atoms with Crippen molar-refractivity contribution in [2.45, 2.75) is 6.92 Å². The quantitative estimate of drug-likeness (QED) is 0.857. The zero-order chi connectivity index (χ0) is 13.8. The van der Waals surface area contributed by atoms with Crippen LogP contribution < -0.4 is 5.32 Å². The van der Waals surface area contributed by atoms with E-state index in [4.69, 9.17) is 4.74 Å².